The number of carbonyl (C=O) groups is 1. The van der Waals surface area contributed by atoms with Crippen LogP contribution in [0.25, 0.3) is 0 Å². The normalized spacial score (nSPS) is 15.1. The Hall–Kier alpha value is -1.51. The maximum Gasteiger partial charge on any atom is 0.262 e. The predicted octanol–water partition coefficient (Wildman–Crippen LogP) is 5.15. The number of nitrogens with one attached hydrogen (secondary N) is 1. The van der Waals surface area contributed by atoms with Crippen molar-refractivity contribution in [2.45, 2.75) is 31.1 Å². The Labute approximate surface area is 191 Å². The van der Waals surface area contributed by atoms with Crippen LogP contribution >= 0.6 is 34.8 Å². The van der Waals surface area contributed by atoms with E-state index in [4.69, 9.17) is 39.5 Å². The molecule has 0 bridgehead atoms. The maximum absolute atomic E-state index is 12.8. The van der Waals surface area contributed by atoms with Gasteiger partial charge in [-0.15, -0.1) is 0 Å². The van der Waals surface area contributed by atoms with Crippen molar-refractivity contribution in [2.24, 2.45) is 0 Å². The van der Waals surface area contributed by atoms with Crippen molar-refractivity contribution >= 4 is 56.4 Å². The smallest absolute Gasteiger partial charge is 0.262 e. The third-order valence-corrected chi connectivity index (χ3v) is 7.67. The number of rotatable bonds is 6. The molecule has 0 spiro atoms. The number of amides is 1. The van der Waals surface area contributed by atoms with Gasteiger partial charge in [-0.25, -0.2) is 8.42 Å². The SMILES string of the molecule is Cc1cc(S(=O)(=O)N2CCCCC2)ccc1OCC(=O)Nc1cc(Cl)c(Cl)cc1Cl. The zero-order valence-corrected chi connectivity index (χ0v) is 19.3. The molecule has 1 fully saturated rings. The van der Waals surface area contributed by atoms with Gasteiger partial charge in [0.1, 0.15) is 5.75 Å². The van der Waals surface area contributed by atoms with E-state index in [1.54, 1.807) is 19.1 Å². The molecule has 0 atom stereocenters. The maximum atomic E-state index is 12.8. The highest BCUT2D eigenvalue weighted by Crippen LogP contribution is 2.32. The second kappa shape index (κ2) is 9.75. The summed E-state index contributed by atoms with van der Waals surface area (Å²) in [4.78, 5) is 12.4. The monoisotopic (exact) mass is 490 g/mol. The second-order valence-electron chi connectivity index (χ2n) is 6.98. The summed E-state index contributed by atoms with van der Waals surface area (Å²) in [6, 6.07) is 7.52. The Bertz CT molecular complexity index is 1050. The molecule has 1 N–H and O–H groups in total. The van der Waals surface area contributed by atoms with Crippen LogP contribution in [0, 0.1) is 6.92 Å². The molecule has 1 aliphatic rings. The molecule has 2 aromatic carbocycles. The highest BCUT2D eigenvalue weighted by molar-refractivity contribution is 7.89. The minimum atomic E-state index is -3.53. The lowest BCUT2D eigenvalue weighted by Gasteiger charge is -2.26. The van der Waals surface area contributed by atoms with Gasteiger partial charge in [-0.05, 0) is 55.7 Å². The van der Waals surface area contributed by atoms with Crippen LogP contribution in [0.4, 0.5) is 5.69 Å². The molecule has 1 amide bonds. The molecule has 0 unspecified atom stereocenters. The first-order valence-electron chi connectivity index (χ1n) is 9.36. The molecule has 10 heteroatoms. The number of anilines is 1. The number of aryl methyl sites for hydroxylation is 1. The number of benzene rings is 2. The molecule has 0 saturated carbocycles. The number of sulfonamides is 1. The van der Waals surface area contributed by atoms with Gasteiger partial charge in [0.15, 0.2) is 6.61 Å². The van der Waals surface area contributed by atoms with Gasteiger partial charge in [-0.3, -0.25) is 4.79 Å². The molecular weight excluding hydrogens is 471 g/mol. The summed E-state index contributed by atoms with van der Waals surface area (Å²) in [6.07, 6.45) is 2.79. The molecule has 6 nitrogen and oxygen atoms in total. The van der Waals surface area contributed by atoms with E-state index in [2.05, 4.69) is 5.32 Å². The van der Waals surface area contributed by atoms with Gasteiger partial charge in [0.25, 0.3) is 5.91 Å². The molecule has 1 aliphatic heterocycles. The van der Waals surface area contributed by atoms with Crippen molar-refractivity contribution < 1.29 is 17.9 Å². The first kappa shape index (κ1) is 23.2. The van der Waals surface area contributed by atoms with Crippen LogP contribution in [0.5, 0.6) is 5.75 Å². The Kier molecular flexibility index (Phi) is 7.52. The van der Waals surface area contributed by atoms with E-state index in [0.717, 1.165) is 19.3 Å². The van der Waals surface area contributed by atoms with Crippen molar-refractivity contribution in [3.05, 3.63) is 51.0 Å². The van der Waals surface area contributed by atoms with Gasteiger partial charge in [0.05, 0.1) is 25.7 Å². The minimum absolute atomic E-state index is 0.223. The average Bonchev–Trinajstić information content (AvgIpc) is 2.71. The first-order valence-corrected chi connectivity index (χ1v) is 11.9. The minimum Gasteiger partial charge on any atom is -0.483 e. The summed E-state index contributed by atoms with van der Waals surface area (Å²) in [6.45, 7) is 2.53. The number of piperidine rings is 1. The fourth-order valence-electron chi connectivity index (χ4n) is 3.15. The molecule has 162 valence electrons. The Morgan fingerprint density at radius 1 is 1.03 bits per heavy atom. The number of hydrogen-bond acceptors (Lipinski definition) is 4. The summed E-state index contributed by atoms with van der Waals surface area (Å²) < 4.78 is 32.7. The standard InChI is InChI=1S/C20H21Cl3N2O4S/c1-13-9-14(30(27,28)25-7-3-2-4-8-25)5-6-19(13)29-12-20(26)24-18-11-16(22)15(21)10-17(18)23/h5-6,9-11H,2-4,7-8,12H2,1H3,(H,24,26). The van der Waals surface area contributed by atoms with E-state index in [0.29, 0.717) is 30.1 Å². The molecule has 0 aliphatic carbocycles. The molecule has 0 aromatic heterocycles. The van der Waals surface area contributed by atoms with Crippen molar-refractivity contribution in [1.29, 1.82) is 0 Å². The van der Waals surface area contributed by atoms with E-state index in [1.165, 1.54) is 22.5 Å². The lowest BCUT2D eigenvalue weighted by molar-refractivity contribution is -0.118. The lowest BCUT2D eigenvalue weighted by atomic mass is 10.2. The predicted molar refractivity (Wildman–Crippen MR) is 119 cm³/mol. The number of carbonyl (C=O) groups excluding carboxylic acids is 1. The Balaban J connectivity index is 1.65. The fraction of sp³-hybridized carbons (Fsp3) is 0.350. The fourth-order valence-corrected chi connectivity index (χ4v) is 5.34. The van der Waals surface area contributed by atoms with Gasteiger partial charge in [0, 0.05) is 13.1 Å². The molecule has 0 radical (unpaired) electrons. The van der Waals surface area contributed by atoms with Gasteiger partial charge >= 0.3 is 0 Å². The van der Waals surface area contributed by atoms with E-state index in [-0.39, 0.29) is 26.6 Å². The second-order valence-corrected chi connectivity index (χ2v) is 10.1. The van der Waals surface area contributed by atoms with Crippen LogP contribution in [0.1, 0.15) is 24.8 Å². The summed E-state index contributed by atoms with van der Waals surface area (Å²) in [7, 11) is -3.53. The van der Waals surface area contributed by atoms with Crippen LogP contribution in [0.3, 0.4) is 0 Å². The number of nitrogens with zero attached hydrogens (tertiary/aromatic N) is 1. The van der Waals surface area contributed by atoms with Gasteiger partial charge in [-0.1, -0.05) is 41.2 Å². The van der Waals surface area contributed by atoms with Crippen LogP contribution in [-0.2, 0) is 14.8 Å². The van der Waals surface area contributed by atoms with Gasteiger partial charge < -0.3 is 10.1 Å². The lowest BCUT2D eigenvalue weighted by Crippen LogP contribution is -2.35. The molecule has 1 heterocycles. The molecule has 1 saturated heterocycles. The quantitative estimate of drug-likeness (QED) is 0.567. The number of ether oxygens (including phenoxy) is 1. The Morgan fingerprint density at radius 3 is 2.37 bits per heavy atom. The summed E-state index contributed by atoms with van der Waals surface area (Å²) in [5.74, 6) is -0.0253. The van der Waals surface area contributed by atoms with Crippen molar-refractivity contribution in [2.75, 3.05) is 25.0 Å². The number of halogens is 3. The van der Waals surface area contributed by atoms with E-state index < -0.39 is 15.9 Å². The molecule has 2 aromatic rings. The molecule has 3 rings (SSSR count). The van der Waals surface area contributed by atoms with E-state index >= 15 is 0 Å². The van der Waals surface area contributed by atoms with Crippen LogP contribution in [0.2, 0.25) is 15.1 Å². The topological polar surface area (TPSA) is 75.7 Å². The van der Waals surface area contributed by atoms with Crippen molar-refractivity contribution in [1.82, 2.24) is 4.31 Å². The van der Waals surface area contributed by atoms with Crippen LogP contribution in [0.15, 0.2) is 35.2 Å². The molecular formula is C20H21Cl3N2O4S. The average molecular weight is 492 g/mol. The summed E-state index contributed by atoms with van der Waals surface area (Å²) in [5.41, 5.74) is 0.938. The van der Waals surface area contributed by atoms with Crippen molar-refractivity contribution in [3.63, 3.8) is 0 Å². The van der Waals surface area contributed by atoms with Crippen LogP contribution < -0.4 is 10.1 Å². The van der Waals surface area contributed by atoms with E-state index in [1.807, 2.05) is 0 Å². The first-order chi connectivity index (χ1) is 14.2. The zero-order chi connectivity index (χ0) is 21.9. The van der Waals surface area contributed by atoms with E-state index in [9.17, 15) is 13.2 Å². The zero-order valence-electron chi connectivity index (χ0n) is 16.3. The number of hydrogen-bond donors (Lipinski definition) is 1. The summed E-state index contributed by atoms with van der Waals surface area (Å²) >= 11 is 17.9. The highest BCUT2D eigenvalue weighted by atomic mass is 35.5. The third-order valence-electron chi connectivity index (χ3n) is 4.74. The van der Waals surface area contributed by atoms with Crippen LogP contribution in [-0.4, -0.2) is 38.3 Å². The highest BCUT2D eigenvalue weighted by Gasteiger charge is 2.26. The summed E-state index contributed by atoms with van der Waals surface area (Å²) in [5, 5.41) is 3.40. The molecule has 30 heavy (non-hydrogen) atoms. The largest absolute Gasteiger partial charge is 0.483 e. The van der Waals surface area contributed by atoms with Gasteiger partial charge in [0.2, 0.25) is 10.0 Å². The Morgan fingerprint density at radius 2 is 1.70 bits per heavy atom. The third kappa shape index (κ3) is 5.39. The van der Waals surface area contributed by atoms with Gasteiger partial charge in [-0.2, -0.15) is 4.31 Å². The van der Waals surface area contributed by atoms with Crippen molar-refractivity contribution in [3.8, 4) is 5.75 Å².